The van der Waals surface area contributed by atoms with Gasteiger partial charge in [0.1, 0.15) is 6.04 Å². The Kier molecular flexibility index (Phi) is 4.29. The van der Waals surface area contributed by atoms with Crippen molar-refractivity contribution in [2.45, 2.75) is 38.8 Å². The molecule has 0 aliphatic carbocycles. The largest absolute Gasteiger partial charge is 0.467 e. The van der Waals surface area contributed by atoms with Gasteiger partial charge in [0, 0.05) is 6.54 Å². The first-order chi connectivity index (χ1) is 7.49. The van der Waals surface area contributed by atoms with Crippen molar-refractivity contribution < 1.29 is 14.3 Å². The smallest absolute Gasteiger partial charge is 0.328 e. The molecule has 0 spiro atoms. The van der Waals surface area contributed by atoms with E-state index in [1.807, 2.05) is 13.8 Å². The standard InChI is InChI=1S/C11H20N2O3/c1-7(2)9(12)10(14)13-6-4-5-8(13)11(15)16-3/h7-9H,4-6,12H2,1-3H3/t8?,9-/m1/s1. The van der Waals surface area contributed by atoms with Crippen LogP contribution in [-0.4, -0.2) is 42.5 Å². The highest BCUT2D eigenvalue weighted by Crippen LogP contribution is 2.20. The number of hydrogen-bond donors (Lipinski definition) is 1. The van der Waals surface area contributed by atoms with E-state index in [-0.39, 0.29) is 17.8 Å². The molecule has 1 aliphatic rings. The van der Waals surface area contributed by atoms with Gasteiger partial charge >= 0.3 is 5.97 Å². The van der Waals surface area contributed by atoms with Gasteiger partial charge in [-0.25, -0.2) is 4.79 Å². The number of esters is 1. The summed E-state index contributed by atoms with van der Waals surface area (Å²) >= 11 is 0. The predicted octanol–water partition coefficient (Wildman–Crippen LogP) is 0.134. The summed E-state index contributed by atoms with van der Waals surface area (Å²) in [5, 5.41) is 0. The molecule has 0 aromatic rings. The summed E-state index contributed by atoms with van der Waals surface area (Å²) in [6.07, 6.45) is 1.50. The van der Waals surface area contributed by atoms with E-state index in [9.17, 15) is 9.59 Å². The second kappa shape index (κ2) is 5.30. The van der Waals surface area contributed by atoms with Crippen LogP contribution in [0, 0.1) is 5.92 Å². The van der Waals surface area contributed by atoms with Crippen molar-refractivity contribution in [3.63, 3.8) is 0 Å². The van der Waals surface area contributed by atoms with Gasteiger partial charge in [-0.15, -0.1) is 0 Å². The van der Waals surface area contributed by atoms with Crippen LogP contribution in [0.4, 0.5) is 0 Å². The highest BCUT2D eigenvalue weighted by atomic mass is 16.5. The molecule has 1 heterocycles. The lowest BCUT2D eigenvalue weighted by atomic mass is 10.0. The SMILES string of the molecule is COC(=O)C1CCCN1C(=O)[C@H](N)C(C)C. The minimum absolute atomic E-state index is 0.0754. The third kappa shape index (κ3) is 2.52. The van der Waals surface area contributed by atoms with Crippen molar-refractivity contribution >= 4 is 11.9 Å². The van der Waals surface area contributed by atoms with Crippen LogP contribution in [0.25, 0.3) is 0 Å². The van der Waals surface area contributed by atoms with Crippen molar-refractivity contribution in [3.8, 4) is 0 Å². The number of methoxy groups -OCH3 is 1. The van der Waals surface area contributed by atoms with Crippen LogP contribution in [0.15, 0.2) is 0 Å². The van der Waals surface area contributed by atoms with Crippen molar-refractivity contribution in [1.29, 1.82) is 0 Å². The summed E-state index contributed by atoms with van der Waals surface area (Å²) in [6.45, 7) is 4.39. The van der Waals surface area contributed by atoms with Crippen LogP contribution in [0.3, 0.4) is 0 Å². The van der Waals surface area contributed by atoms with E-state index in [0.29, 0.717) is 13.0 Å². The monoisotopic (exact) mass is 228 g/mol. The predicted molar refractivity (Wildman–Crippen MR) is 59.6 cm³/mol. The van der Waals surface area contributed by atoms with Crippen LogP contribution in [0.1, 0.15) is 26.7 Å². The molecule has 1 amide bonds. The van der Waals surface area contributed by atoms with Gasteiger partial charge in [0.05, 0.1) is 13.2 Å². The molecule has 2 atom stereocenters. The average molecular weight is 228 g/mol. The number of nitrogens with two attached hydrogens (primary N) is 1. The molecule has 0 bridgehead atoms. The first-order valence-corrected chi connectivity index (χ1v) is 5.63. The normalized spacial score (nSPS) is 22.3. The van der Waals surface area contributed by atoms with Crippen LogP contribution < -0.4 is 5.73 Å². The molecule has 16 heavy (non-hydrogen) atoms. The Balaban J connectivity index is 2.71. The Morgan fingerprint density at radius 3 is 2.56 bits per heavy atom. The zero-order valence-electron chi connectivity index (χ0n) is 10.1. The van der Waals surface area contributed by atoms with Crippen molar-refractivity contribution in [2.24, 2.45) is 11.7 Å². The molecule has 1 aliphatic heterocycles. The Morgan fingerprint density at radius 2 is 2.06 bits per heavy atom. The van der Waals surface area contributed by atoms with Crippen molar-refractivity contribution in [1.82, 2.24) is 4.90 Å². The molecule has 5 nitrogen and oxygen atoms in total. The van der Waals surface area contributed by atoms with Gasteiger partial charge in [-0.3, -0.25) is 4.79 Å². The maximum absolute atomic E-state index is 12.0. The Hall–Kier alpha value is -1.10. The quantitative estimate of drug-likeness (QED) is 0.697. The summed E-state index contributed by atoms with van der Waals surface area (Å²) in [6, 6.07) is -0.979. The number of ether oxygens (including phenoxy) is 1. The molecule has 1 saturated heterocycles. The molecular weight excluding hydrogens is 208 g/mol. The van der Waals surface area contributed by atoms with Crippen molar-refractivity contribution in [3.05, 3.63) is 0 Å². The van der Waals surface area contributed by atoms with E-state index in [1.54, 1.807) is 4.90 Å². The lowest BCUT2D eigenvalue weighted by Crippen LogP contribution is -2.50. The number of carbonyl (C=O) groups is 2. The summed E-state index contributed by atoms with van der Waals surface area (Å²) < 4.78 is 4.68. The number of likely N-dealkylation sites (tertiary alicyclic amines) is 1. The van der Waals surface area contributed by atoms with E-state index in [2.05, 4.69) is 4.74 Å². The Bertz CT molecular complexity index is 278. The van der Waals surface area contributed by atoms with Gasteiger partial charge in [0.15, 0.2) is 0 Å². The average Bonchev–Trinajstić information content (AvgIpc) is 2.74. The maximum atomic E-state index is 12.0. The van der Waals surface area contributed by atoms with Gasteiger partial charge in [0.2, 0.25) is 5.91 Å². The third-order valence-electron chi connectivity index (χ3n) is 3.01. The summed E-state index contributed by atoms with van der Waals surface area (Å²) in [4.78, 5) is 25.0. The van der Waals surface area contributed by atoms with Gasteiger partial charge in [-0.1, -0.05) is 13.8 Å². The summed E-state index contributed by atoms with van der Waals surface area (Å²) in [5.74, 6) is -0.420. The first kappa shape index (κ1) is 13.0. The van der Waals surface area contributed by atoms with E-state index in [1.165, 1.54) is 7.11 Å². The molecule has 5 heteroatoms. The molecule has 0 aromatic carbocycles. The maximum Gasteiger partial charge on any atom is 0.328 e. The van der Waals surface area contributed by atoms with Gasteiger partial charge in [-0.2, -0.15) is 0 Å². The molecule has 1 rings (SSSR count). The number of amides is 1. The topological polar surface area (TPSA) is 72.6 Å². The van der Waals surface area contributed by atoms with Crippen LogP contribution >= 0.6 is 0 Å². The molecular formula is C11H20N2O3. The number of carbonyl (C=O) groups excluding carboxylic acids is 2. The minimum atomic E-state index is -0.537. The minimum Gasteiger partial charge on any atom is -0.467 e. The summed E-state index contributed by atoms with van der Waals surface area (Å²) in [7, 11) is 1.34. The molecule has 0 saturated carbocycles. The van der Waals surface area contributed by atoms with E-state index < -0.39 is 12.1 Å². The van der Waals surface area contributed by atoms with Crippen molar-refractivity contribution in [2.75, 3.05) is 13.7 Å². The fraction of sp³-hybridized carbons (Fsp3) is 0.818. The molecule has 1 unspecified atom stereocenters. The fourth-order valence-corrected chi connectivity index (χ4v) is 1.89. The highest BCUT2D eigenvalue weighted by Gasteiger charge is 2.37. The zero-order chi connectivity index (χ0) is 12.3. The van der Waals surface area contributed by atoms with Gasteiger partial charge in [-0.05, 0) is 18.8 Å². The second-order valence-corrected chi connectivity index (χ2v) is 4.48. The van der Waals surface area contributed by atoms with Crippen LogP contribution in [-0.2, 0) is 14.3 Å². The fourth-order valence-electron chi connectivity index (χ4n) is 1.89. The molecule has 0 aromatic heterocycles. The Morgan fingerprint density at radius 1 is 1.44 bits per heavy atom. The van der Waals surface area contributed by atoms with E-state index in [4.69, 9.17) is 5.73 Å². The zero-order valence-corrected chi connectivity index (χ0v) is 10.1. The Labute approximate surface area is 95.9 Å². The molecule has 92 valence electrons. The molecule has 1 fully saturated rings. The van der Waals surface area contributed by atoms with Gasteiger partial charge in [0.25, 0.3) is 0 Å². The number of hydrogen-bond acceptors (Lipinski definition) is 4. The molecule has 2 N–H and O–H groups in total. The summed E-state index contributed by atoms with van der Waals surface area (Å²) in [5.41, 5.74) is 5.80. The van der Waals surface area contributed by atoms with Crippen LogP contribution in [0.5, 0.6) is 0 Å². The van der Waals surface area contributed by atoms with E-state index >= 15 is 0 Å². The lowest BCUT2D eigenvalue weighted by Gasteiger charge is -2.27. The van der Waals surface area contributed by atoms with Gasteiger partial charge < -0.3 is 15.4 Å². The van der Waals surface area contributed by atoms with Crippen LogP contribution in [0.2, 0.25) is 0 Å². The second-order valence-electron chi connectivity index (χ2n) is 4.48. The highest BCUT2D eigenvalue weighted by molar-refractivity contribution is 5.88. The molecule has 0 radical (unpaired) electrons. The first-order valence-electron chi connectivity index (χ1n) is 5.63. The number of nitrogens with zero attached hydrogens (tertiary/aromatic N) is 1. The number of rotatable bonds is 3. The lowest BCUT2D eigenvalue weighted by molar-refractivity contribution is -0.151. The third-order valence-corrected chi connectivity index (χ3v) is 3.01. The van der Waals surface area contributed by atoms with E-state index in [0.717, 1.165) is 6.42 Å².